The van der Waals surface area contributed by atoms with Crippen LogP contribution in [-0.2, 0) is 14.3 Å². The lowest BCUT2D eigenvalue weighted by Gasteiger charge is -2.29. The van der Waals surface area contributed by atoms with E-state index in [4.69, 9.17) is 4.74 Å². The minimum absolute atomic E-state index is 0.160. The Balaban J connectivity index is 1.72. The number of halogens is 1. The van der Waals surface area contributed by atoms with Gasteiger partial charge in [-0.15, -0.1) is 0 Å². The third-order valence-electron chi connectivity index (χ3n) is 4.49. The van der Waals surface area contributed by atoms with Crippen molar-refractivity contribution in [1.82, 2.24) is 4.90 Å². The van der Waals surface area contributed by atoms with E-state index >= 15 is 0 Å². The summed E-state index contributed by atoms with van der Waals surface area (Å²) in [7, 11) is 0. The summed E-state index contributed by atoms with van der Waals surface area (Å²) in [6.07, 6.45) is 4.41. The number of carbonyl (C=O) groups is 3. The molecule has 0 unspecified atom stereocenters. The van der Waals surface area contributed by atoms with Gasteiger partial charge < -0.3 is 9.64 Å². The molecule has 6 nitrogen and oxygen atoms in total. The number of amides is 2. The first-order valence-corrected chi connectivity index (χ1v) is 10.2. The van der Waals surface area contributed by atoms with Gasteiger partial charge in [0.1, 0.15) is 12.4 Å². The molecule has 28 heavy (non-hydrogen) atoms. The van der Waals surface area contributed by atoms with Crippen LogP contribution < -0.4 is 4.90 Å². The minimum atomic E-state index is -0.643. The molecular formula is C20H23FN2O4S. The quantitative estimate of drug-likeness (QED) is 0.547. The summed E-state index contributed by atoms with van der Waals surface area (Å²) in [5.74, 6) is -1.57. The van der Waals surface area contributed by atoms with Gasteiger partial charge in [-0.25, -0.2) is 4.39 Å². The molecule has 0 spiro atoms. The Hall–Kier alpha value is -2.35. The highest BCUT2D eigenvalue weighted by Crippen LogP contribution is 2.33. The van der Waals surface area contributed by atoms with Crippen LogP contribution in [0.1, 0.15) is 38.7 Å². The Morgan fingerprint density at radius 1 is 1.25 bits per heavy atom. The van der Waals surface area contributed by atoms with E-state index in [9.17, 15) is 18.8 Å². The Morgan fingerprint density at radius 3 is 2.61 bits per heavy atom. The van der Waals surface area contributed by atoms with Crippen molar-refractivity contribution in [3.05, 3.63) is 34.5 Å². The number of hydrogen-bond donors (Lipinski definition) is 0. The maximum Gasteiger partial charge on any atom is 0.326 e. The number of thioether (sulfide) groups is 1. The second-order valence-electron chi connectivity index (χ2n) is 7.07. The standard InChI is InChI=1S/C20H23FN2O4S/c1-13(2)27-18(24)12-23-19(25)17(28-20(23)26)11-14-6-7-16(15(21)10-14)22-8-4-3-5-9-22/h6-7,10-11,13H,3-5,8-9,12H2,1-2H3/b17-11+. The van der Waals surface area contributed by atoms with E-state index in [0.29, 0.717) is 11.3 Å². The van der Waals surface area contributed by atoms with Crippen molar-refractivity contribution >= 4 is 40.6 Å². The summed E-state index contributed by atoms with van der Waals surface area (Å²) in [6.45, 7) is 4.62. The number of ether oxygens (including phenoxy) is 1. The number of carbonyl (C=O) groups excluding carboxylic acids is 3. The second kappa shape index (κ2) is 8.77. The van der Waals surface area contributed by atoms with Gasteiger partial charge in [-0.2, -0.15) is 0 Å². The second-order valence-corrected chi connectivity index (χ2v) is 8.06. The molecule has 2 saturated heterocycles. The molecule has 2 aliphatic rings. The fourth-order valence-electron chi connectivity index (χ4n) is 3.22. The van der Waals surface area contributed by atoms with Crippen LogP contribution in [-0.4, -0.2) is 47.8 Å². The average Bonchev–Trinajstić information content (AvgIpc) is 2.89. The zero-order chi connectivity index (χ0) is 20.3. The molecule has 0 aliphatic carbocycles. The molecule has 0 saturated carbocycles. The van der Waals surface area contributed by atoms with Crippen LogP contribution in [0.5, 0.6) is 0 Å². The van der Waals surface area contributed by atoms with Crippen molar-refractivity contribution in [1.29, 1.82) is 0 Å². The van der Waals surface area contributed by atoms with Gasteiger partial charge in [0.15, 0.2) is 0 Å². The largest absolute Gasteiger partial charge is 0.462 e. The van der Waals surface area contributed by atoms with E-state index in [1.807, 2.05) is 4.90 Å². The van der Waals surface area contributed by atoms with Crippen LogP contribution >= 0.6 is 11.8 Å². The van der Waals surface area contributed by atoms with Crippen LogP contribution in [0.25, 0.3) is 6.08 Å². The van der Waals surface area contributed by atoms with Crippen molar-refractivity contribution in [2.24, 2.45) is 0 Å². The molecule has 0 bridgehead atoms. The third-order valence-corrected chi connectivity index (χ3v) is 5.40. The van der Waals surface area contributed by atoms with Crippen molar-refractivity contribution in [3.8, 4) is 0 Å². The van der Waals surface area contributed by atoms with Crippen LogP contribution in [0.2, 0.25) is 0 Å². The predicted octanol–water partition coefficient (Wildman–Crippen LogP) is 3.80. The van der Waals surface area contributed by atoms with Crippen molar-refractivity contribution in [2.75, 3.05) is 24.5 Å². The molecule has 1 aromatic carbocycles. The average molecular weight is 406 g/mol. The number of anilines is 1. The molecule has 2 aliphatic heterocycles. The van der Waals surface area contributed by atoms with Crippen molar-refractivity contribution < 1.29 is 23.5 Å². The van der Waals surface area contributed by atoms with E-state index in [1.165, 1.54) is 12.1 Å². The van der Waals surface area contributed by atoms with Crippen LogP contribution in [0.4, 0.5) is 14.9 Å². The van der Waals surface area contributed by atoms with E-state index < -0.39 is 23.7 Å². The molecular weight excluding hydrogens is 383 g/mol. The van der Waals surface area contributed by atoms with E-state index in [0.717, 1.165) is 49.0 Å². The summed E-state index contributed by atoms with van der Waals surface area (Å²) < 4.78 is 19.5. The Labute approximate surface area is 167 Å². The Bertz CT molecular complexity index is 818. The first-order valence-electron chi connectivity index (χ1n) is 9.34. The normalized spacial score (nSPS) is 19.1. The van der Waals surface area contributed by atoms with Gasteiger partial charge in [-0.3, -0.25) is 19.3 Å². The summed E-state index contributed by atoms with van der Waals surface area (Å²) in [4.78, 5) is 39.3. The lowest BCUT2D eigenvalue weighted by Crippen LogP contribution is -2.35. The van der Waals surface area contributed by atoms with Gasteiger partial charge in [0.2, 0.25) is 0 Å². The molecule has 0 aromatic heterocycles. The third kappa shape index (κ3) is 4.73. The lowest BCUT2D eigenvalue weighted by molar-refractivity contribution is -0.149. The fourth-order valence-corrected chi connectivity index (χ4v) is 4.06. The summed E-state index contributed by atoms with van der Waals surface area (Å²) >= 11 is 0.734. The summed E-state index contributed by atoms with van der Waals surface area (Å²) in [6, 6.07) is 4.80. The Kier molecular flexibility index (Phi) is 6.39. The molecule has 2 heterocycles. The number of hydrogen-bond acceptors (Lipinski definition) is 6. The number of benzene rings is 1. The number of nitrogens with zero attached hydrogens (tertiary/aromatic N) is 2. The topological polar surface area (TPSA) is 66.9 Å². The summed E-state index contributed by atoms with van der Waals surface area (Å²) in [5, 5.41) is -0.539. The van der Waals surface area contributed by atoms with Gasteiger partial charge >= 0.3 is 5.97 Å². The molecule has 0 radical (unpaired) electrons. The highest BCUT2D eigenvalue weighted by molar-refractivity contribution is 8.18. The molecule has 0 N–H and O–H groups in total. The molecule has 1 aromatic rings. The Morgan fingerprint density at radius 2 is 1.96 bits per heavy atom. The molecule has 8 heteroatoms. The smallest absolute Gasteiger partial charge is 0.326 e. The van der Waals surface area contributed by atoms with Crippen molar-refractivity contribution in [3.63, 3.8) is 0 Å². The van der Waals surface area contributed by atoms with Crippen LogP contribution in [0, 0.1) is 5.82 Å². The highest BCUT2D eigenvalue weighted by Gasteiger charge is 2.36. The van der Waals surface area contributed by atoms with Gasteiger partial charge in [0, 0.05) is 13.1 Å². The SMILES string of the molecule is CC(C)OC(=O)CN1C(=O)S/C(=C/c2ccc(N3CCCCC3)c(F)c2)C1=O. The maximum absolute atomic E-state index is 14.6. The van der Waals surface area contributed by atoms with Crippen LogP contribution in [0.3, 0.4) is 0 Å². The molecule has 0 atom stereocenters. The first kappa shape index (κ1) is 20.4. The van der Waals surface area contributed by atoms with E-state index in [1.54, 1.807) is 26.0 Å². The predicted molar refractivity (Wildman–Crippen MR) is 106 cm³/mol. The van der Waals surface area contributed by atoms with Gasteiger partial charge in [-0.1, -0.05) is 6.07 Å². The molecule has 3 rings (SSSR count). The van der Waals surface area contributed by atoms with E-state index in [-0.39, 0.29) is 16.8 Å². The molecule has 150 valence electrons. The molecule has 2 fully saturated rings. The van der Waals surface area contributed by atoms with E-state index in [2.05, 4.69) is 0 Å². The number of rotatable bonds is 5. The first-order chi connectivity index (χ1) is 13.3. The summed E-state index contributed by atoms with van der Waals surface area (Å²) in [5.41, 5.74) is 1.05. The number of imide groups is 1. The number of piperidine rings is 1. The monoisotopic (exact) mass is 406 g/mol. The lowest BCUT2D eigenvalue weighted by atomic mass is 10.1. The fraction of sp³-hybridized carbons (Fsp3) is 0.450. The number of esters is 1. The maximum atomic E-state index is 14.6. The van der Waals surface area contributed by atoms with Gasteiger partial charge in [0.05, 0.1) is 16.7 Å². The highest BCUT2D eigenvalue weighted by atomic mass is 32.2. The zero-order valence-corrected chi connectivity index (χ0v) is 16.8. The van der Waals surface area contributed by atoms with Gasteiger partial charge in [-0.05, 0) is 68.6 Å². The molecule has 2 amide bonds. The minimum Gasteiger partial charge on any atom is -0.462 e. The van der Waals surface area contributed by atoms with Gasteiger partial charge in [0.25, 0.3) is 11.1 Å². The zero-order valence-electron chi connectivity index (χ0n) is 15.9. The van der Waals surface area contributed by atoms with Crippen LogP contribution in [0.15, 0.2) is 23.1 Å². The van der Waals surface area contributed by atoms with Crippen molar-refractivity contribution in [2.45, 2.75) is 39.2 Å².